The first-order valence-corrected chi connectivity index (χ1v) is 6.11. The van der Waals surface area contributed by atoms with Gasteiger partial charge in [-0.2, -0.15) is 0 Å². The van der Waals surface area contributed by atoms with Gasteiger partial charge < -0.3 is 5.32 Å². The molecule has 1 aromatic rings. The molecule has 0 heterocycles. The molecular weight excluding hydrogens is 301 g/mol. The average molecular weight is 311 g/mol. The summed E-state index contributed by atoms with van der Waals surface area (Å²) >= 11 is 14.9. The number of hydrogen-bond acceptors (Lipinski definition) is 1. The van der Waals surface area contributed by atoms with Crippen molar-refractivity contribution in [2.24, 2.45) is 0 Å². The van der Waals surface area contributed by atoms with Crippen LogP contribution in [0.2, 0.25) is 10.0 Å². The molecule has 2 nitrogen and oxygen atoms in total. The van der Waals surface area contributed by atoms with Crippen LogP contribution in [0, 0.1) is 0 Å². The van der Waals surface area contributed by atoms with E-state index in [0.717, 1.165) is 6.42 Å². The molecule has 15 heavy (non-hydrogen) atoms. The Morgan fingerprint density at radius 3 is 2.73 bits per heavy atom. The van der Waals surface area contributed by atoms with Crippen LogP contribution in [0.25, 0.3) is 0 Å². The van der Waals surface area contributed by atoms with E-state index in [4.69, 9.17) is 23.2 Å². The molecule has 0 bridgehead atoms. The lowest BCUT2D eigenvalue weighted by molar-refractivity contribution is -0.115. The van der Waals surface area contributed by atoms with E-state index < -0.39 is 0 Å². The number of alkyl halides is 1. The van der Waals surface area contributed by atoms with Crippen LogP contribution in [0.5, 0.6) is 0 Å². The van der Waals surface area contributed by atoms with Crippen LogP contribution in [0.3, 0.4) is 0 Å². The quantitative estimate of drug-likeness (QED) is 0.837. The summed E-state index contributed by atoms with van der Waals surface area (Å²) < 4.78 is 0. The van der Waals surface area contributed by atoms with Crippen LogP contribution in [-0.2, 0) is 4.79 Å². The highest BCUT2D eigenvalue weighted by molar-refractivity contribution is 9.10. The van der Waals surface area contributed by atoms with E-state index in [1.165, 1.54) is 0 Å². The number of nitrogens with one attached hydrogen (secondary N) is 1. The number of halogens is 3. The van der Waals surface area contributed by atoms with Crippen molar-refractivity contribution in [3.63, 3.8) is 0 Å². The van der Waals surface area contributed by atoms with Gasteiger partial charge in [-0.15, -0.1) is 0 Å². The van der Waals surface area contributed by atoms with E-state index in [-0.39, 0.29) is 10.7 Å². The molecule has 1 atom stereocenters. The van der Waals surface area contributed by atoms with Crippen molar-refractivity contribution < 1.29 is 4.79 Å². The SMILES string of the molecule is CC[C@@H](Br)C(=O)Nc1ccc(Cl)cc1Cl. The molecule has 0 aliphatic carbocycles. The minimum Gasteiger partial charge on any atom is -0.324 e. The van der Waals surface area contributed by atoms with Gasteiger partial charge in [0.2, 0.25) is 5.91 Å². The summed E-state index contributed by atoms with van der Waals surface area (Å²) in [5.41, 5.74) is 0.573. The Kier molecular flexibility index (Phi) is 4.90. The molecule has 0 aliphatic rings. The molecule has 5 heteroatoms. The standard InChI is InChI=1S/C10H10BrCl2NO/c1-2-7(11)10(15)14-9-4-3-6(12)5-8(9)13/h3-5,7H,2H2,1H3,(H,14,15)/t7-/m1/s1. The molecule has 0 saturated heterocycles. The van der Waals surface area contributed by atoms with Crippen LogP contribution in [0.4, 0.5) is 5.69 Å². The third-order valence-corrected chi connectivity index (χ3v) is 3.44. The maximum absolute atomic E-state index is 11.5. The zero-order chi connectivity index (χ0) is 11.4. The lowest BCUT2D eigenvalue weighted by Crippen LogP contribution is -2.22. The first-order chi connectivity index (χ1) is 7.04. The van der Waals surface area contributed by atoms with Crippen LogP contribution >= 0.6 is 39.1 Å². The van der Waals surface area contributed by atoms with Gasteiger partial charge >= 0.3 is 0 Å². The van der Waals surface area contributed by atoms with Gasteiger partial charge in [0.25, 0.3) is 0 Å². The van der Waals surface area contributed by atoms with E-state index in [2.05, 4.69) is 21.2 Å². The van der Waals surface area contributed by atoms with Gasteiger partial charge in [0, 0.05) is 5.02 Å². The second-order valence-electron chi connectivity index (χ2n) is 2.99. The average Bonchev–Trinajstić information content (AvgIpc) is 2.20. The largest absolute Gasteiger partial charge is 0.324 e. The molecule has 1 amide bonds. The maximum atomic E-state index is 11.5. The Labute approximate surface area is 107 Å². The highest BCUT2D eigenvalue weighted by atomic mass is 79.9. The first kappa shape index (κ1) is 12.8. The second-order valence-corrected chi connectivity index (χ2v) is 4.94. The van der Waals surface area contributed by atoms with E-state index in [1.54, 1.807) is 18.2 Å². The molecule has 1 rings (SSSR count). The Bertz CT molecular complexity index is 370. The van der Waals surface area contributed by atoms with Gasteiger partial charge in [0.15, 0.2) is 0 Å². The minimum atomic E-state index is -0.204. The van der Waals surface area contributed by atoms with Crippen molar-refractivity contribution in [2.75, 3.05) is 5.32 Å². The molecular formula is C10H10BrCl2NO. The lowest BCUT2D eigenvalue weighted by Gasteiger charge is -2.10. The fourth-order valence-corrected chi connectivity index (χ4v) is 1.56. The van der Waals surface area contributed by atoms with Crippen molar-refractivity contribution in [3.05, 3.63) is 28.2 Å². The summed E-state index contributed by atoms with van der Waals surface area (Å²) in [6.07, 6.45) is 0.719. The molecule has 0 fully saturated rings. The number of hydrogen-bond donors (Lipinski definition) is 1. The molecule has 82 valence electrons. The Balaban J connectivity index is 2.77. The normalized spacial score (nSPS) is 12.3. The molecule has 0 spiro atoms. The van der Waals surface area contributed by atoms with Gasteiger partial charge in [-0.25, -0.2) is 0 Å². The van der Waals surface area contributed by atoms with E-state index in [0.29, 0.717) is 15.7 Å². The lowest BCUT2D eigenvalue weighted by atomic mass is 10.3. The van der Waals surface area contributed by atoms with Crippen LogP contribution in [0.1, 0.15) is 13.3 Å². The first-order valence-electron chi connectivity index (χ1n) is 4.44. The van der Waals surface area contributed by atoms with E-state index in [9.17, 15) is 4.79 Å². The number of carbonyl (C=O) groups excluding carboxylic acids is 1. The fraction of sp³-hybridized carbons (Fsp3) is 0.300. The monoisotopic (exact) mass is 309 g/mol. The molecule has 0 unspecified atom stereocenters. The number of rotatable bonds is 3. The van der Waals surface area contributed by atoms with Crippen molar-refractivity contribution >= 4 is 50.7 Å². The number of anilines is 1. The van der Waals surface area contributed by atoms with Crippen molar-refractivity contribution in [1.82, 2.24) is 0 Å². The third kappa shape index (κ3) is 3.67. The zero-order valence-electron chi connectivity index (χ0n) is 8.06. The minimum absolute atomic E-state index is 0.110. The predicted octanol–water partition coefficient (Wildman–Crippen LogP) is 4.11. The second kappa shape index (κ2) is 5.73. The Hall–Kier alpha value is -0.250. The topological polar surface area (TPSA) is 29.1 Å². The molecule has 0 saturated carbocycles. The summed E-state index contributed by atoms with van der Waals surface area (Å²) in [7, 11) is 0. The molecule has 1 aromatic carbocycles. The third-order valence-electron chi connectivity index (χ3n) is 1.83. The van der Waals surface area contributed by atoms with Gasteiger partial charge in [-0.1, -0.05) is 46.1 Å². The maximum Gasteiger partial charge on any atom is 0.238 e. The van der Waals surface area contributed by atoms with E-state index >= 15 is 0 Å². The Morgan fingerprint density at radius 1 is 1.53 bits per heavy atom. The van der Waals surface area contributed by atoms with Crippen LogP contribution in [-0.4, -0.2) is 10.7 Å². The number of carbonyl (C=O) groups is 1. The Morgan fingerprint density at radius 2 is 2.20 bits per heavy atom. The summed E-state index contributed by atoms with van der Waals surface area (Å²) in [5, 5.41) is 3.69. The van der Waals surface area contributed by atoms with Crippen molar-refractivity contribution in [1.29, 1.82) is 0 Å². The highest BCUT2D eigenvalue weighted by Gasteiger charge is 2.13. The smallest absolute Gasteiger partial charge is 0.238 e. The fourth-order valence-electron chi connectivity index (χ4n) is 0.987. The van der Waals surface area contributed by atoms with Gasteiger partial charge in [0.05, 0.1) is 15.5 Å². The van der Waals surface area contributed by atoms with Crippen LogP contribution in [0.15, 0.2) is 18.2 Å². The predicted molar refractivity (Wildman–Crippen MR) is 68.1 cm³/mol. The van der Waals surface area contributed by atoms with Gasteiger partial charge in [0.1, 0.15) is 0 Å². The zero-order valence-corrected chi connectivity index (χ0v) is 11.2. The number of benzene rings is 1. The number of amides is 1. The molecule has 0 radical (unpaired) electrons. The van der Waals surface area contributed by atoms with Crippen LogP contribution < -0.4 is 5.32 Å². The highest BCUT2D eigenvalue weighted by Crippen LogP contribution is 2.25. The van der Waals surface area contributed by atoms with Crippen molar-refractivity contribution in [3.8, 4) is 0 Å². The van der Waals surface area contributed by atoms with E-state index in [1.807, 2.05) is 6.92 Å². The molecule has 1 N–H and O–H groups in total. The summed E-state index contributed by atoms with van der Waals surface area (Å²) in [6.45, 7) is 1.92. The molecule has 0 aliphatic heterocycles. The molecule has 0 aromatic heterocycles. The van der Waals surface area contributed by atoms with Crippen molar-refractivity contribution in [2.45, 2.75) is 18.2 Å². The summed E-state index contributed by atoms with van der Waals surface area (Å²) in [4.78, 5) is 11.3. The summed E-state index contributed by atoms with van der Waals surface area (Å²) in [6, 6.07) is 4.95. The summed E-state index contributed by atoms with van der Waals surface area (Å²) in [5.74, 6) is -0.110. The van der Waals surface area contributed by atoms with Gasteiger partial charge in [-0.3, -0.25) is 4.79 Å². The van der Waals surface area contributed by atoms with Gasteiger partial charge in [-0.05, 0) is 24.6 Å².